The van der Waals surface area contributed by atoms with Crippen LogP contribution in [0, 0.1) is 0 Å². The van der Waals surface area contributed by atoms with E-state index < -0.39 is 18.3 Å². The number of fused-ring (bicyclic) bond motifs is 1. The lowest BCUT2D eigenvalue weighted by molar-refractivity contribution is -0.0898. The molecule has 8 nitrogen and oxygen atoms in total. The Morgan fingerprint density at radius 2 is 1.23 bits per heavy atom. The lowest BCUT2D eigenvalue weighted by atomic mass is 9.99. The third-order valence-corrected chi connectivity index (χ3v) is 7.64. The van der Waals surface area contributed by atoms with Crippen LogP contribution in [0.3, 0.4) is 0 Å². The summed E-state index contributed by atoms with van der Waals surface area (Å²) < 4.78 is 37.1. The minimum absolute atomic E-state index is 0.229. The molecule has 1 fully saturated rings. The molecule has 1 aliphatic rings. The van der Waals surface area contributed by atoms with Crippen LogP contribution in [0.1, 0.15) is 28.4 Å². The predicted octanol–water partition coefficient (Wildman–Crippen LogP) is 6.47. The van der Waals surface area contributed by atoms with E-state index in [1.807, 2.05) is 84.9 Å². The molecule has 8 heteroatoms. The molecule has 4 atom stereocenters. The van der Waals surface area contributed by atoms with E-state index in [2.05, 4.69) is 34.2 Å². The first-order valence-corrected chi connectivity index (χ1v) is 14.7. The maximum atomic E-state index is 6.77. The van der Waals surface area contributed by atoms with Crippen LogP contribution in [-0.2, 0) is 38.8 Å². The Labute approximate surface area is 257 Å². The molecule has 0 aliphatic carbocycles. The van der Waals surface area contributed by atoms with Gasteiger partial charge in [-0.05, 0) is 34.4 Å². The molecule has 0 N–H and O–H groups in total. The largest absolute Gasteiger partial charge is 0.480 e. The first-order valence-electron chi connectivity index (χ1n) is 14.7. The minimum Gasteiger partial charge on any atom is -0.480 e. The number of methoxy groups -OCH3 is 2. The molecular weight excluding hydrogens is 556 g/mol. The number of hydrogen-bond donors (Lipinski definition) is 0. The van der Waals surface area contributed by atoms with Crippen LogP contribution in [0.15, 0.2) is 109 Å². The Bertz CT molecular complexity index is 1620. The summed E-state index contributed by atoms with van der Waals surface area (Å²) in [7, 11) is 3.12. The summed E-state index contributed by atoms with van der Waals surface area (Å²) in [6.45, 7) is 1.64. The van der Waals surface area contributed by atoms with Crippen molar-refractivity contribution in [1.82, 2.24) is 9.97 Å². The Morgan fingerprint density at radius 3 is 1.82 bits per heavy atom. The summed E-state index contributed by atoms with van der Waals surface area (Å²) >= 11 is 0. The molecule has 0 bridgehead atoms. The van der Waals surface area contributed by atoms with Crippen molar-refractivity contribution in [3.8, 4) is 11.9 Å². The normalized spacial score (nSPS) is 19.7. The van der Waals surface area contributed by atoms with Gasteiger partial charge in [-0.25, -0.2) is 0 Å². The van der Waals surface area contributed by atoms with Gasteiger partial charge in [-0.1, -0.05) is 97.1 Å². The standard InChI is InChI=1S/C36H36N2O6/c1-39-35-29-19-18-28(20-30(29)37-36(38-35)40-2)32-34(43-23-27-16-10-5-11-17-27)33(42-22-26-14-8-4-9-15-26)31(44-32)24-41-21-25-12-6-3-7-13-25/h3-20,31-34H,21-24H2,1-2H3/t31-,32+,33-,34+/m1/s1. The molecule has 2 heterocycles. The molecule has 0 radical (unpaired) electrons. The summed E-state index contributed by atoms with van der Waals surface area (Å²) in [5, 5.41) is 0.774. The average Bonchev–Trinajstić information content (AvgIpc) is 3.43. The van der Waals surface area contributed by atoms with Gasteiger partial charge >= 0.3 is 6.01 Å². The number of ether oxygens (including phenoxy) is 6. The zero-order valence-corrected chi connectivity index (χ0v) is 24.9. The van der Waals surface area contributed by atoms with Crippen molar-refractivity contribution in [3.63, 3.8) is 0 Å². The highest BCUT2D eigenvalue weighted by molar-refractivity contribution is 5.84. The predicted molar refractivity (Wildman–Crippen MR) is 166 cm³/mol. The number of rotatable bonds is 13. The zero-order valence-electron chi connectivity index (χ0n) is 24.9. The summed E-state index contributed by atoms with van der Waals surface area (Å²) in [6.07, 6.45) is -1.64. The van der Waals surface area contributed by atoms with Gasteiger partial charge in [0.25, 0.3) is 0 Å². The molecule has 1 aliphatic heterocycles. The van der Waals surface area contributed by atoms with Crippen LogP contribution >= 0.6 is 0 Å². The van der Waals surface area contributed by atoms with E-state index in [0.29, 0.717) is 37.8 Å². The molecule has 226 valence electrons. The molecule has 6 rings (SSSR count). The van der Waals surface area contributed by atoms with E-state index >= 15 is 0 Å². The third kappa shape index (κ3) is 7.06. The van der Waals surface area contributed by atoms with Gasteiger partial charge in [-0.15, -0.1) is 0 Å². The van der Waals surface area contributed by atoms with Crippen LogP contribution in [0.2, 0.25) is 0 Å². The lowest BCUT2D eigenvalue weighted by Gasteiger charge is -2.25. The van der Waals surface area contributed by atoms with Gasteiger partial charge in [0.1, 0.15) is 24.4 Å². The topological polar surface area (TPSA) is 81.2 Å². The molecule has 0 unspecified atom stereocenters. The number of benzene rings is 4. The SMILES string of the molecule is COc1nc(OC)c2ccc([C@@H]3O[C@H](COCc4ccccc4)[C@@H](OCc4ccccc4)[C@H]3OCc3ccccc3)cc2n1. The molecule has 0 spiro atoms. The molecule has 0 saturated carbocycles. The van der Waals surface area contributed by atoms with E-state index in [1.165, 1.54) is 7.11 Å². The number of aromatic nitrogens is 2. The molecular formula is C36H36N2O6. The van der Waals surface area contributed by atoms with Gasteiger partial charge in [0.15, 0.2) is 0 Å². The number of nitrogens with zero attached hydrogens (tertiary/aromatic N) is 2. The first kappa shape index (κ1) is 29.7. The molecule has 44 heavy (non-hydrogen) atoms. The Morgan fingerprint density at radius 1 is 0.636 bits per heavy atom. The fraction of sp³-hybridized carbons (Fsp3) is 0.278. The smallest absolute Gasteiger partial charge is 0.320 e. The summed E-state index contributed by atoms with van der Waals surface area (Å²) in [5.41, 5.74) is 4.82. The molecule has 1 aromatic heterocycles. The Hall–Kier alpha value is -4.34. The molecule has 1 saturated heterocycles. The van der Waals surface area contributed by atoms with E-state index in [9.17, 15) is 0 Å². The van der Waals surface area contributed by atoms with E-state index in [4.69, 9.17) is 28.4 Å². The Balaban J connectivity index is 1.32. The summed E-state index contributed by atoms with van der Waals surface area (Å²) in [4.78, 5) is 8.92. The maximum Gasteiger partial charge on any atom is 0.320 e. The molecule has 0 amide bonds. The van der Waals surface area contributed by atoms with Gasteiger partial charge < -0.3 is 28.4 Å². The van der Waals surface area contributed by atoms with E-state index in [0.717, 1.165) is 27.6 Å². The number of hydrogen-bond acceptors (Lipinski definition) is 8. The van der Waals surface area contributed by atoms with Crippen LogP contribution in [0.4, 0.5) is 0 Å². The Kier molecular flexibility index (Phi) is 9.74. The highest BCUT2D eigenvalue weighted by Crippen LogP contribution is 2.40. The van der Waals surface area contributed by atoms with Crippen molar-refractivity contribution in [2.24, 2.45) is 0 Å². The van der Waals surface area contributed by atoms with Crippen molar-refractivity contribution < 1.29 is 28.4 Å². The van der Waals surface area contributed by atoms with Crippen LogP contribution in [-0.4, -0.2) is 49.1 Å². The van der Waals surface area contributed by atoms with Crippen molar-refractivity contribution in [3.05, 3.63) is 131 Å². The van der Waals surface area contributed by atoms with Gasteiger partial charge in [0.2, 0.25) is 5.88 Å². The monoisotopic (exact) mass is 592 g/mol. The fourth-order valence-corrected chi connectivity index (χ4v) is 5.44. The fourth-order valence-electron chi connectivity index (χ4n) is 5.44. The highest BCUT2D eigenvalue weighted by atomic mass is 16.6. The van der Waals surface area contributed by atoms with Crippen LogP contribution in [0.25, 0.3) is 10.9 Å². The zero-order chi connectivity index (χ0) is 30.1. The van der Waals surface area contributed by atoms with Gasteiger partial charge in [-0.3, -0.25) is 0 Å². The lowest BCUT2D eigenvalue weighted by Crippen LogP contribution is -2.37. The molecule has 4 aromatic carbocycles. The van der Waals surface area contributed by atoms with Crippen LogP contribution in [0.5, 0.6) is 11.9 Å². The van der Waals surface area contributed by atoms with Gasteiger partial charge in [0, 0.05) is 0 Å². The van der Waals surface area contributed by atoms with Gasteiger partial charge in [-0.2, -0.15) is 9.97 Å². The quantitative estimate of drug-likeness (QED) is 0.154. The van der Waals surface area contributed by atoms with Crippen molar-refractivity contribution in [1.29, 1.82) is 0 Å². The molecule has 5 aromatic rings. The average molecular weight is 593 g/mol. The van der Waals surface area contributed by atoms with E-state index in [1.54, 1.807) is 7.11 Å². The third-order valence-electron chi connectivity index (χ3n) is 7.64. The van der Waals surface area contributed by atoms with E-state index in [-0.39, 0.29) is 12.1 Å². The minimum atomic E-state index is -0.443. The van der Waals surface area contributed by atoms with Crippen LogP contribution < -0.4 is 9.47 Å². The second kappa shape index (κ2) is 14.4. The van der Waals surface area contributed by atoms with Crippen molar-refractivity contribution in [2.75, 3.05) is 20.8 Å². The maximum absolute atomic E-state index is 6.77. The highest BCUT2D eigenvalue weighted by Gasteiger charge is 2.47. The second-order valence-electron chi connectivity index (χ2n) is 10.6. The second-order valence-corrected chi connectivity index (χ2v) is 10.6. The first-order chi connectivity index (χ1) is 21.7. The van der Waals surface area contributed by atoms with Crippen molar-refractivity contribution >= 4 is 10.9 Å². The van der Waals surface area contributed by atoms with Gasteiger partial charge in [0.05, 0.1) is 51.6 Å². The van der Waals surface area contributed by atoms with Crippen molar-refractivity contribution in [2.45, 2.75) is 44.2 Å². The summed E-state index contributed by atoms with van der Waals surface area (Å²) in [5.74, 6) is 0.443. The summed E-state index contributed by atoms with van der Waals surface area (Å²) in [6, 6.07) is 36.5.